The third-order valence-corrected chi connectivity index (χ3v) is 4.08. The minimum Gasteiger partial charge on any atom is -0.361 e. The zero-order valence-corrected chi connectivity index (χ0v) is 13.3. The van der Waals surface area contributed by atoms with Gasteiger partial charge in [0.15, 0.2) is 0 Å². The number of fused-ring (bicyclic) bond motifs is 1. The van der Waals surface area contributed by atoms with Crippen LogP contribution >= 0.6 is 11.6 Å². The molecule has 0 aliphatic heterocycles. The fourth-order valence-electron chi connectivity index (χ4n) is 2.94. The molecule has 21 heavy (non-hydrogen) atoms. The summed E-state index contributed by atoms with van der Waals surface area (Å²) in [6.07, 6.45) is 2.09. The molecule has 0 radical (unpaired) electrons. The number of rotatable bonds is 3. The second kappa shape index (κ2) is 5.55. The van der Waals surface area contributed by atoms with E-state index < -0.39 is 0 Å². The number of H-pyrrole nitrogens is 1. The van der Waals surface area contributed by atoms with E-state index in [4.69, 9.17) is 11.6 Å². The van der Waals surface area contributed by atoms with Crippen LogP contribution in [0.3, 0.4) is 0 Å². The second-order valence-electron chi connectivity index (χ2n) is 5.71. The summed E-state index contributed by atoms with van der Waals surface area (Å²) >= 11 is 6.18. The topological polar surface area (TPSA) is 19.0 Å². The van der Waals surface area contributed by atoms with Gasteiger partial charge in [-0.15, -0.1) is 0 Å². The molecule has 3 rings (SSSR count). The summed E-state index contributed by atoms with van der Waals surface area (Å²) in [6.45, 7) is 2.13. The molecule has 1 heterocycles. The van der Waals surface area contributed by atoms with E-state index in [-0.39, 0.29) is 6.04 Å². The van der Waals surface area contributed by atoms with Crippen molar-refractivity contribution in [3.8, 4) is 0 Å². The van der Waals surface area contributed by atoms with E-state index in [0.29, 0.717) is 0 Å². The van der Waals surface area contributed by atoms with E-state index in [1.807, 2.05) is 18.2 Å². The Morgan fingerprint density at radius 2 is 1.90 bits per heavy atom. The normalized spacial score (nSPS) is 13.0. The lowest BCUT2D eigenvalue weighted by atomic mass is 9.96. The average molecular weight is 299 g/mol. The lowest BCUT2D eigenvalue weighted by Crippen LogP contribution is -2.20. The van der Waals surface area contributed by atoms with Crippen LogP contribution in [-0.4, -0.2) is 24.0 Å². The van der Waals surface area contributed by atoms with Crippen molar-refractivity contribution in [2.75, 3.05) is 14.1 Å². The number of benzene rings is 2. The molecule has 0 saturated heterocycles. The predicted octanol–water partition coefficient (Wildman–Crippen LogP) is 4.78. The molecule has 108 valence electrons. The van der Waals surface area contributed by atoms with Crippen LogP contribution in [-0.2, 0) is 0 Å². The smallest absolute Gasteiger partial charge is 0.0618 e. The van der Waals surface area contributed by atoms with Crippen molar-refractivity contribution in [1.82, 2.24) is 9.88 Å². The minimum atomic E-state index is 0.206. The molecule has 0 saturated carbocycles. The van der Waals surface area contributed by atoms with Gasteiger partial charge in [-0.25, -0.2) is 0 Å². The van der Waals surface area contributed by atoms with Crippen LogP contribution in [0.25, 0.3) is 10.9 Å². The van der Waals surface area contributed by atoms with Gasteiger partial charge in [0.2, 0.25) is 0 Å². The number of hydrogen-bond donors (Lipinski definition) is 1. The Bertz CT molecular complexity index is 774. The van der Waals surface area contributed by atoms with Crippen molar-refractivity contribution in [3.05, 3.63) is 70.4 Å². The van der Waals surface area contributed by atoms with Crippen molar-refractivity contribution in [3.63, 3.8) is 0 Å². The summed E-state index contributed by atoms with van der Waals surface area (Å²) in [5, 5.41) is 1.95. The van der Waals surface area contributed by atoms with Gasteiger partial charge < -0.3 is 4.98 Å². The van der Waals surface area contributed by atoms with Crippen LogP contribution in [0.5, 0.6) is 0 Å². The van der Waals surface area contributed by atoms with Crippen molar-refractivity contribution in [1.29, 1.82) is 0 Å². The molecular weight excluding hydrogens is 280 g/mol. The number of nitrogens with one attached hydrogen (secondary N) is 1. The van der Waals surface area contributed by atoms with E-state index >= 15 is 0 Å². The molecule has 1 unspecified atom stereocenters. The quantitative estimate of drug-likeness (QED) is 0.737. The Morgan fingerprint density at radius 1 is 1.10 bits per heavy atom. The SMILES string of the molecule is Cc1cccc(C(c2c[nH]c3ccc(Cl)cc23)N(C)C)c1. The van der Waals surface area contributed by atoms with Crippen molar-refractivity contribution in [2.24, 2.45) is 0 Å². The summed E-state index contributed by atoms with van der Waals surface area (Å²) in [4.78, 5) is 5.58. The monoisotopic (exact) mass is 298 g/mol. The largest absolute Gasteiger partial charge is 0.361 e. The summed E-state index contributed by atoms with van der Waals surface area (Å²) in [5.74, 6) is 0. The van der Waals surface area contributed by atoms with Crippen molar-refractivity contribution in [2.45, 2.75) is 13.0 Å². The van der Waals surface area contributed by atoms with E-state index in [1.54, 1.807) is 0 Å². The predicted molar refractivity (Wildman–Crippen MR) is 90.0 cm³/mol. The molecule has 2 aromatic carbocycles. The highest BCUT2D eigenvalue weighted by atomic mass is 35.5. The van der Waals surface area contributed by atoms with Gasteiger partial charge in [-0.05, 0) is 50.3 Å². The maximum atomic E-state index is 6.18. The highest BCUT2D eigenvalue weighted by Crippen LogP contribution is 2.33. The number of halogens is 1. The van der Waals surface area contributed by atoms with E-state index in [0.717, 1.165) is 10.5 Å². The van der Waals surface area contributed by atoms with Crippen molar-refractivity contribution < 1.29 is 0 Å². The first-order valence-electron chi connectivity index (χ1n) is 7.06. The van der Waals surface area contributed by atoms with Crippen LogP contribution in [0.15, 0.2) is 48.7 Å². The van der Waals surface area contributed by atoms with Crippen LogP contribution < -0.4 is 0 Å². The molecule has 1 aromatic heterocycles. The molecule has 2 nitrogen and oxygen atoms in total. The Labute approximate surface area is 130 Å². The molecule has 0 spiro atoms. The highest BCUT2D eigenvalue weighted by Gasteiger charge is 2.20. The molecular formula is C18H19ClN2. The van der Waals surface area contributed by atoms with Crippen molar-refractivity contribution >= 4 is 22.5 Å². The molecule has 1 atom stereocenters. The first kappa shape index (κ1) is 14.2. The lowest BCUT2D eigenvalue weighted by molar-refractivity contribution is 0.344. The number of hydrogen-bond acceptors (Lipinski definition) is 1. The number of aromatic amines is 1. The minimum absolute atomic E-state index is 0.206. The summed E-state index contributed by atoms with van der Waals surface area (Å²) in [6, 6.07) is 14.9. The van der Waals surface area contributed by atoms with Gasteiger partial charge in [-0.1, -0.05) is 41.4 Å². The van der Waals surface area contributed by atoms with Gasteiger partial charge in [0.1, 0.15) is 0 Å². The van der Waals surface area contributed by atoms with Gasteiger partial charge in [0.05, 0.1) is 6.04 Å². The second-order valence-corrected chi connectivity index (χ2v) is 6.15. The zero-order valence-electron chi connectivity index (χ0n) is 12.5. The van der Waals surface area contributed by atoms with E-state index in [9.17, 15) is 0 Å². The lowest BCUT2D eigenvalue weighted by Gasteiger charge is -2.25. The van der Waals surface area contributed by atoms with E-state index in [2.05, 4.69) is 61.4 Å². The van der Waals surface area contributed by atoms with Gasteiger partial charge in [0.25, 0.3) is 0 Å². The van der Waals surface area contributed by atoms with Gasteiger partial charge >= 0.3 is 0 Å². The fraction of sp³-hybridized carbons (Fsp3) is 0.222. The van der Waals surface area contributed by atoms with Crippen LogP contribution in [0.2, 0.25) is 5.02 Å². The molecule has 0 aliphatic carbocycles. The van der Waals surface area contributed by atoms with Crippen LogP contribution in [0, 0.1) is 6.92 Å². The Hall–Kier alpha value is -1.77. The first-order valence-corrected chi connectivity index (χ1v) is 7.43. The maximum Gasteiger partial charge on any atom is 0.0618 e. The maximum absolute atomic E-state index is 6.18. The molecule has 3 aromatic rings. The standard InChI is InChI=1S/C18H19ClN2/c1-12-5-4-6-13(9-12)18(21(2)3)16-11-20-17-8-7-14(19)10-15(16)17/h4-11,18,20H,1-3H3. The number of aromatic nitrogens is 1. The molecule has 0 amide bonds. The Balaban J connectivity index is 2.18. The highest BCUT2D eigenvalue weighted by molar-refractivity contribution is 6.31. The van der Waals surface area contributed by atoms with Gasteiger partial charge in [0, 0.05) is 22.1 Å². The van der Waals surface area contributed by atoms with Gasteiger partial charge in [-0.2, -0.15) is 0 Å². The Morgan fingerprint density at radius 3 is 2.62 bits per heavy atom. The summed E-state index contributed by atoms with van der Waals surface area (Å²) in [5.41, 5.74) is 4.94. The number of aryl methyl sites for hydroxylation is 1. The van der Waals surface area contributed by atoms with E-state index in [1.165, 1.54) is 22.1 Å². The third kappa shape index (κ3) is 2.69. The molecule has 0 fully saturated rings. The van der Waals surface area contributed by atoms with Crippen LogP contribution in [0.4, 0.5) is 0 Å². The third-order valence-electron chi connectivity index (χ3n) is 3.84. The molecule has 3 heteroatoms. The van der Waals surface area contributed by atoms with Crippen LogP contribution in [0.1, 0.15) is 22.7 Å². The Kier molecular flexibility index (Phi) is 3.75. The molecule has 0 aliphatic rings. The molecule has 0 bridgehead atoms. The first-order chi connectivity index (χ1) is 10.1. The molecule has 1 N–H and O–H groups in total. The number of nitrogens with zero attached hydrogens (tertiary/aromatic N) is 1. The fourth-order valence-corrected chi connectivity index (χ4v) is 3.11. The summed E-state index contributed by atoms with van der Waals surface area (Å²) in [7, 11) is 4.22. The summed E-state index contributed by atoms with van der Waals surface area (Å²) < 4.78 is 0. The average Bonchev–Trinajstić information content (AvgIpc) is 2.82. The zero-order chi connectivity index (χ0) is 15.0. The van der Waals surface area contributed by atoms with Gasteiger partial charge in [-0.3, -0.25) is 4.90 Å².